The fourth-order valence-electron chi connectivity index (χ4n) is 2.99. The second kappa shape index (κ2) is 8.98. The van der Waals surface area contributed by atoms with E-state index in [2.05, 4.69) is 10.4 Å². The van der Waals surface area contributed by atoms with Gasteiger partial charge >= 0.3 is 0 Å². The van der Waals surface area contributed by atoms with Gasteiger partial charge in [-0.1, -0.05) is 37.3 Å². The molecule has 0 radical (unpaired) electrons. The highest BCUT2D eigenvalue weighted by Gasteiger charge is 2.17. The van der Waals surface area contributed by atoms with Crippen LogP contribution in [0.25, 0.3) is 11.5 Å². The minimum atomic E-state index is -0.174. The number of hydrogen-bond acceptors (Lipinski definition) is 4. The second-order valence-corrected chi connectivity index (χ2v) is 6.27. The summed E-state index contributed by atoms with van der Waals surface area (Å²) in [4.78, 5) is 24.4. The van der Waals surface area contributed by atoms with Crippen molar-refractivity contribution in [3.8, 4) is 11.5 Å². The Hall–Kier alpha value is -3.15. The molecule has 1 unspecified atom stereocenters. The highest BCUT2D eigenvalue weighted by atomic mass is 16.3. The minimum Gasteiger partial charge on any atom is -0.463 e. The average Bonchev–Trinajstić information content (AvgIpc) is 3.23. The van der Waals surface area contributed by atoms with E-state index in [9.17, 15) is 9.59 Å². The van der Waals surface area contributed by atoms with Crippen molar-refractivity contribution in [3.63, 3.8) is 0 Å². The summed E-state index contributed by atoms with van der Waals surface area (Å²) in [6.07, 6.45) is 2.92. The predicted octanol–water partition coefficient (Wildman–Crippen LogP) is 3.20. The van der Waals surface area contributed by atoms with Gasteiger partial charge in [0.2, 0.25) is 5.91 Å². The van der Waals surface area contributed by atoms with Crippen LogP contribution in [0.4, 0.5) is 0 Å². The molecule has 0 spiro atoms. The number of carbonyl (C=O) groups excluding carboxylic acids is 1. The number of benzene rings is 1. The lowest BCUT2D eigenvalue weighted by Crippen LogP contribution is -2.31. The van der Waals surface area contributed by atoms with Crippen LogP contribution in [0.5, 0.6) is 0 Å². The number of aryl methyl sites for hydroxylation is 1. The van der Waals surface area contributed by atoms with Crippen LogP contribution in [-0.4, -0.2) is 22.2 Å². The Morgan fingerprint density at radius 1 is 1.15 bits per heavy atom. The number of hydrogen-bond donors (Lipinski definition) is 1. The highest BCUT2D eigenvalue weighted by molar-refractivity contribution is 5.83. The molecule has 6 nitrogen and oxygen atoms in total. The predicted molar refractivity (Wildman–Crippen MR) is 103 cm³/mol. The summed E-state index contributed by atoms with van der Waals surface area (Å²) in [7, 11) is 0. The van der Waals surface area contributed by atoms with Gasteiger partial charge in [-0.05, 0) is 36.6 Å². The Labute approximate surface area is 157 Å². The number of carbonyl (C=O) groups is 1. The zero-order chi connectivity index (χ0) is 19.1. The number of nitrogens with zero attached hydrogens (tertiary/aromatic N) is 2. The van der Waals surface area contributed by atoms with Crippen molar-refractivity contribution in [3.05, 3.63) is 76.8 Å². The van der Waals surface area contributed by atoms with E-state index in [4.69, 9.17) is 4.42 Å². The second-order valence-electron chi connectivity index (χ2n) is 6.27. The molecule has 0 aliphatic heterocycles. The van der Waals surface area contributed by atoms with Gasteiger partial charge in [-0.3, -0.25) is 9.59 Å². The van der Waals surface area contributed by atoms with Gasteiger partial charge in [-0.15, -0.1) is 0 Å². The molecule has 1 aromatic carbocycles. The molecular weight excluding hydrogens is 342 g/mol. The zero-order valence-corrected chi connectivity index (χ0v) is 15.3. The molecule has 27 heavy (non-hydrogen) atoms. The quantitative estimate of drug-likeness (QED) is 0.622. The van der Waals surface area contributed by atoms with Crippen molar-refractivity contribution < 1.29 is 9.21 Å². The van der Waals surface area contributed by atoms with Crippen LogP contribution in [0, 0.1) is 0 Å². The van der Waals surface area contributed by atoms with Crippen LogP contribution in [0.1, 0.15) is 31.2 Å². The molecule has 2 aromatic heterocycles. The Kier molecular flexibility index (Phi) is 6.20. The fraction of sp³-hybridized carbons (Fsp3) is 0.286. The van der Waals surface area contributed by atoms with E-state index in [0.29, 0.717) is 31.0 Å². The third-order valence-corrected chi connectivity index (χ3v) is 4.41. The molecule has 0 aliphatic rings. The maximum Gasteiger partial charge on any atom is 0.266 e. The van der Waals surface area contributed by atoms with Crippen molar-refractivity contribution in [1.82, 2.24) is 15.1 Å². The molecule has 0 saturated carbocycles. The van der Waals surface area contributed by atoms with Gasteiger partial charge in [0.25, 0.3) is 5.56 Å². The van der Waals surface area contributed by atoms with Crippen LogP contribution >= 0.6 is 0 Å². The normalized spacial score (nSPS) is 11.9. The van der Waals surface area contributed by atoms with E-state index >= 15 is 0 Å². The van der Waals surface area contributed by atoms with E-state index < -0.39 is 0 Å². The maximum absolute atomic E-state index is 12.5. The van der Waals surface area contributed by atoms with E-state index in [0.717, 1.165) is 12.0 Å². The van der Waals surface area contributed by atoms with Crippen LogP contribution in [-0.2, 0) is 11.3 Å². The van der Waals surface area contributed by atoms with E-state index in [1.807, 2.05) is 37.3 Å². The average molecular weight is 365 g/mol. The van der Waals surface area contributed by atoms with Crippen molar-refractivity contribution >= 4 is 5.91 Å². The summed E-state index contributed by atoms with van der Waals surface area (Å²) < 4.78 is 6.72. The van der Waals surface area contributed by atoms with Crippen molar-refractivity contribution in [2.45, 2.75) is 32.2 Å². The summed E-state index contributed by atoms with van der Waals surface area (Å²) >= 11 is 0. The first-order valence-corrected chi connectivity index (χ1v) is 9.13. The van der Waals surface area contributed by atoms with Crippen LogP contribution < -0.4 is 10.9 Å². The highest BCUT2D eigenvalue weighted by Crippen LogP contribution is 2.19. The van der Waals surface area contributed by atoms with E-state index in [1.165, 1.54) is 10.7 Å². The fourth-order valence-corrected chi connectivity index (χ4v) is 2.99. The number of furan rings is 1. The molecule has 0 fully saturated rings. The standard InChI is InChI=1S/C21H23N3O3/c1-2-17(16-8-4-3-5-9-16)21(26)22-13-7-14-24-20(25)12-11-18(23-24)19-10-6-15-27-19/h3-6,8-12,15,17H,2,7,13-14H2,1H3,(H,22,26). The molecular formula is C21H23N3O3. The third kappa shape index (κ3) is 4.73. The molecule has 3 aromatic rings. The van der Waals surface area contributed by atoms with Gasteiger partial charge in [0.1, 0.15) is 5.69 Å². The summed E-state index contributed by atoms with van der Waals surface area (Å²) in [5, 5.41) is 7.29. The molecule has 140 valence electrons. The Morgan fingerprint density at radius 2 is 1.96 bits per heavy atom. The number of aromatic nitrogens is 2. The molecule has 1 N–H and O–H groups in total. The van der Waals surface area contributed by atoms with Crippen molar-refractivity contribution in [2.75, 3.05) is 6.54 Å². The molecule has 1 amide bonds. The van der Waals surface area contributed by atoms with Gasteiger partial charge in [0.15, 0.2) is 5.76 Å². The Morgan fingerprint density at radius 3 is 2.67 bits per heavy atom. The number of rotatable bonds is 8. The Bertz CT molecular complexity index is 917. The summed E-state index contributed by atoms with van der Waals surface area (Å²) in [6.45, 7) is 2.91. The van der Waals surface area contributed by atoms with E-state index in [-0.39, 0.29) is 17.4 Å². The summed E-state index contributed by atoms with van der Waals surface area (Å²) in [6, 6.07) is 16.5. The maximum atomic E-state index is 12.5. The molecule has 1 atom stereocenters. The van der Waals surface area contributed by atoms with E-state index in [1.54, 1.807) is 24.5 Å². The molecule has 0 bridgehead atoms. The lowest BCUT2D eigenvalue weighted by atomic mass is 9.96. The first kappa shape index (κ1) is 18.6. The van der Waals surface area contributed by atoms with Gasteiger partial charge in [0, 0.05) is 19.2 Å². The number of amides is 1. The van der Waals surface area contributed by atoms with Crippen molar-refractivity contribution in [1.29, 1.82) is 0 Å². The van der Waals surface area contributed by atoms with Gasteiger partial charge in [0.05, 0.1) is 12.2 Å². The van der Waals surface area contributed by atoms with Crippen LogP contribution in [0.2, 0.25) is 0 Å². The molecule has 2 heterocycles. The monoisotopic (exact) mass is 365 g/mol. The lowest BCUT2D eigenvalue weighted by molar-refractivity contribution is -0.122. The zero-order valence-electron chi connectivity index (χ0n) is 15.3. The first-order chi connectivity index (χ1) is 13.2. The molecule has 6 heteroatoms. The number of nitrogens with one attached hydrogen (secondary N) is 1. The van der Waals surface area contributed by atoms with Crippen LogP contribution in [0.15, 0.2) is 70.1 Å². The molecule has 0 aliphatic carbocycles. The largest absolute Gasteiger partial charge is 0.463 e. The Balaban J connectivity index is 1.55. The van der Waals surface area contributed by atoms with Gasteiger partial charge < -0.3 is 9.73 Å². The summed E-state index contributed by atoms with van der Waals surface area (Å²) in [5.74, 6) is 0.466. The summed E-state index contributed by atoms with van der Waals surface area (Å²) in [5.41, 5.74) is 1.45. The van der Waals surface area contributed by atoms with Gasteiger partial charge in [-0.2, -0.15) is 5.10 Å². The lowest BCUT2D eigenvalue weighted by Gasteiger charge is -2.15. The minimum absolute atomic E-state index is 0.00772. The van der Waals surface area contributed by atoms with Gasteiger partial charge in [-0.25, -0.2) is 4.68 Å². The van der Waals surface area contributed by atoms with Crippen molar-refractivity contribution in [2.24, 2.45) is 0 Å². The smallest absolute Gasteiger partial charge is 0.266 e. The topological polar surface area (TPSA) is 77.1 Å². The third-order valence-electron chi connectivity index (χ3n) is 4.41. The molecule has 0 saturated heterocycles. The van der Waals surface area contributed by atoms with Crippen LogP contribution in [0.3, 0.4) is 0 Å². The molecule has 3 rings (SSSR count). The SMILES string of the molecule is CCC(C(=O)NCCCn1nc(-c2ccco2)ccc1=O)c1ccccc1. The first-order valence-electron chi connectivity index (χ1n) is 9.13.